The van der Waals surface area contributed by atoms with Gasteiger partial charge in [-0.25, -0.2) is 19.9 Å². The van der Waals surface area contributed by atoms with E-state index in [9.17, 15) is 4.79 Å². The lowest BCUT2D eigenvalue weighted by Crippen LogP contribution is -2.16. The number of nitrogens with two attached hydrogens (primary N) is 1. The van der Waals surface area contributed by atoms with Crippen LogP contribution in [0, 0.1) is 0 Å². The molecule has 0 unspecified atom stereocenters. The molecule has 2 heterocycles. The summed E-state index contributed by atoms with van der Waals surface area (Å²) in [6.45, 7) is 0. The summed E-state index contributed by atoms with van der Waals surface area (Å²) in [6.07, 6.45) is 6.97. The molecule has 0 radical (unpaired) electrons. The van der Waals surface area contributed by atoms with Gasteiger partial charge in [-0.3, -0.25) is 4.79 Å². The molecule has 1 fully saturated rings. The van der Waals surface area contributed by atoms with Crippen LogP contribution >= 0.6 is 0 Å². The third-order valence-corrected chi connectivity index (χ3v) is 3.99. The summed E-state index contributed by atoms with van der Waals surface area (Å²) in [5.41, 5.74) is 7.64. The van der Waals surface area contributed by atoms with Crippen LogP contribution in [0.5, 0.6) is 0 Å². The molecule has 0 spiro atoms. The summed E-state index contributed by atoms with van der Waals surface area (Å²) in [4.78, 5) is 29.1. The zero-order valence-corrected chi connectivity index (χ0v) is 13.9. The van der Waals surface area contributed by atoms with Crippen LogP contribution in [0.4, 0.5) is 23.1 Å². The van der Waals surface area contributed by atoms with Crippen LogP contribution in [0.25, 0.3) is 0 Å². The fourth-order valence-corrected chi connectivity index (χ4v) is 2.45. The molecule has 130 valence electrons. The van der Waals surface area contributed by atoms with Crippen LogP contribution in [0.3, 0.4) is 0 Å². The standard InChI is InChI=1S/C18H17N7O/c19-15-14(10-22-16(25-15)11-2-3-11)17(26)23-12-4-6-13(7-5-12)24-18-20-8-1-9-21-18/h1,4-11H,2-3H2,(H,23,26)(H2,19,22,25)(H,20,21,24). The van der Waals surface area contributed by atoms with Crippen LogP contribution in [-0.2, 0) is 0 Å². The first-order valence-electron chi connectivity index (χ1n) is 8.27. The second-order valence-corrected chi connectivity index (χ2v) is 6.03. The minimum Gasteiger partial charge on any atom is -0.383 e. The Morgan fingerprint density at radius 1 is 1.04 bits per heavy atom. The van der Waals surface area contributed by atoms with Gasteiger partial charge in [0.25, 0.3) is 5.91 Å². The number of anilines is 4. The third kappa shape index (κ3) is 3.59. The highest BCUT2D eigenvalue weighted by Gasteiger charge is 2.27. The second-order valence-electron chi connectivity index (χ2n) is 6.03. The predicted molar refractivity (Wildman–Crippen MR) is 98.1 cm³/mol. The van der Waals surface area contributed by atoms with Gasteiger partial charge in [-0.15, -0.1) is 0 Å². The molecular formula is C18H17N7O. The molecule has 3 aromatic rings. The maximum atomic E-state index is 12.4. The number of carbonyl (C=O) groups is 1. The first kappa shape index (κ1) is 15.9. The first-order valence-corrected chi connectivity index (χ1v) is 8.27. The van der Waals surface area contributed by atoms with E-state index in [2.05, 4.69) is 30.6 Å². The van der Waals surface area contributed by atoms with Crippen molar-refractivity contribution < 1.29 is 4.79 Å². The Morgan fingerprint density at radius 3 is 2.38 bits per heavy atom. The lowest BCUT2D eigenvalue weighted by molar-refractivity contribution is 0.102. The molecule has 1 aliphatic rings. The van der Waals surface area contributed by atoms with Gasteiger partial charge < -0.3 is 16.4 Å². The number of nitrogens with one attached hydrogen (secondary N) is 2. The molecule has 2 aromatic heterocycles. The van der Waals surface area contributed by atoms with Crippen molar-refractivity contribution in [3.8, 4) is 0 Å². The molecule has 26 heavy (non-hydrogen) atoms. The van der Waals surface area contributed by atoms with Crippen molar-refractivity contribution in [1.82, 2.24) is 19.9 Å². The minimum atomic E-state index is -0.336. The van der Waals surface area contributed by atoms with E-state index >= 15 is 0 Å². The Morgan fingerprint density at radius 2 is 1.73 bits per heavy atom. The summed E-state index contributed by atoms with van der Waals surface area (Å²) in [5.74, 6) is 1.49. The van der Waals surface area contributed by atoms with Crippen LogP contribution < -0.4 is 16.4 Å². The molecule has 0 atom stereocenters. The summed E-state index contributed by atoms with van der Waals surface area (Å²) in [6, 6.07) is 8.94. The molecular weight excluding hydrogens is 330 g/mol. The van der Waals surface area contributed by atoms with E-state index in [1.807, 2.05) is 12.1 Å². The van der Waals surface area contributed by atoms with Crippen molar-refractivity contribution in [2.24, 2.45) is 0 Å². The molecule has 1 amide bonds. The van der Waals surface area contributed by atoms with Crippen LogP contribution in [0.1, 0.15) is 34.9 Å². The number of benzene rings is 1. The van der Waals surface area contributed by atoms with Crippen molar-refractivity contribution in [3.63, 3.8) is 0 Å². The number of nitrogens with zero attached hydrogens (tertiary/aromatic N) is 4. The Kier molecular flexibility index (Phi) is 4.14. The normalized spacial score (nSPS) is 13.2. The van der Waals surface area contributed by atoms with Gasteiger partial charge in [0.15, 0.2) is 0 Å². The molecule has 1 saturated carbocycles. The average Bonchev–Trinajstić information content (AvgIpc) is 3.49. The Bertz CT molecular complexity index is 924. The average molecular weight is 347 g/mol. The minimum absolute atomic E-state index is 0.207. The van der Waals surface area contributed by atoms with Gasteiger partial charge in [0, 0.05) is 35.9 Å². The van der Waals surface area contributed by atoms with E-state index in [1.165, 1.54) is 6.20 Å². The molecule has 1 aromatic carbocycles. The summed E-state index contributed by atoms with van der Waals surface area (Å²) in [5, 5.41) is 5.87. The van der Waals surface area contributed by atoms with E-state index in [0.29, 0.717) is 17.6 Å². The van der Waals surface area contributed by atoms with E-state index in [1.54, 1.807) is 30.6 Å². The maximum absolute atomic E-state index is 12.4. The molecule has 0 bridgehead atoms. The van der Waals surface area contributed by atoms with Crippen LogP contribution in [-0.4, -0.2) is 25.8 Å². The van der Waals surface area contributed by atoms with E-state index in [4.69, 9.17) is 5.73 Å². The largest absolute Gasteiger partial charge is 0.383 e. The highest BCUT2D eigenvalue weighted by Crippen LogP contribution is 2.38. The van der Waals surface area contributed by atoms with Gasteiger partial charge in [0.1, 0.15) is 17.2 Å². The topological polar surface area (TPSA) is 119 Å². The quantitative estimate of drug-likeness (QED) is 0.649. The van der Waals surface area contributed by atoms with Crippen molar-refractivity contribution in [3.05, 3.63) is 60.3 Å². The van der Waals surface area contributed by atoms with Crippen molar-refractivity contribution in [2.75, 3.05) is 16.4 Å². The van der Waals surface area contributed by atoms with Crippen molar-refractivity contribution in [1.29, 1.82) is 0 Å². The van der Waals surface area contributed by atoms with Gasteiger partial charge in [-0.05, 0) is 43.2 Å². The molecule has 4 rings (SSSR count). The lowest BCUT2D eigenvalue weighted by atomic mass is 10.2. The molecule has 0 aliphatic heterocycles. The summed E-state index contributed by atoms with van der Waals surface area (Å²) >= 11 is 0. The Labute approximate surface area is 149 Å². The summed E-state index contributed by atoms with van der Waals surface area (Å²) < 4.78 is 0. The van der Waals surface area contributed by atoms with Gasteiger partial charge in [-0.2, -0.15) is 0 Å². The van der Waals surface area contributed by atoms with E-state index in [-0.39, 0.29) is 17.3 Å². The Hall–Kier alpha value is -3.55. The number of hydrogen-bond acceptors (Lipinski definition) is 7. The van der Waals surface area contributed by atoms with Crippen LogP contribution in [0.15, 0.2) is 48.9 Å². The second kappa shape index (κ2) is 6.75. The van der Waals surface area contributed by atoms with Gasteiger partial charge >= 0.3 is 0 Å². The van der Waals surface area contributed by atoms with Crippen molar-refractivity contribution in [2.45, 2.75) is 18.8 Å². The number of carbonyl (C=O) groups excluding carboxylic acids is 1. The van der Waals surface area contributed by atoms with Gasteiger partial charge in [0.05, 0.1) is 0 Å². The number of hydrogen-bond donors (Lipinski definition) is 3. The zero-order valence-electron chi connectivity index (χ0n) is 13.9. The highest BCUT2D eigenvalue weighted by molar-refractivity contribution is 6.07. The monoisotopic (exact) mass is 347 g/mol. The number of rotatable bonds is 5. The highest BCUT2D eigenvalue weighted by atomic mass is 16.1. The lowest BCUT2D eigenvalue weighted by Gasteiger charge is -2.09. The first-order chi connectivity index (χ1) is 12.7. The maximum Gasteiger partial charge on any atom is 0.260 e. The summed E-state index contributed by atoms with van der Waals surface area (Å²) in [7, 11) is 0. The SMILES string of the molecule is Nc1nc(C2CC2)ncc1C(=O)Nc1ccc(Nc2ncccn2)cc1. The van der Waals surface area contributed by atoms with E-state index in [0.717, 1.165) is 24.4 Å². The fourth-order valence-electron chi connectivity index (χ4n) is 2.45. The Balaban J connectivity index is 1.43. The van der Waals surface area contributed by atoms with Crippen molar-refractivity contribution >= 4 is 29.0 Å². The fraction of sp³-hybridized carbons (Fsp3) is 0.167. The third-order valence-electron chi connectivity index (χ3n) is 3.99. The zero-order chi connectivity index (χ0) is 17.9. The molecule has 8 heteroatoms. The molecule has 1 aliphatic carbocycles. The molecule has 8 nitrogen and oxygen atoms in total. The smallest absolute Gasteiger partial charge is 0.260 e. The van der Waals surface area contributed by atoms with E-state index < -0.39 is 0 Å². The molecule has 0 saturated heterocycles. The van der Waals surface area contributed by atoms with Gasteiger partial charge in [-0.1, -0.05) is 0 Å². The number of nitrogen functional groups attached to an aromatic ring is 1. The predicted octanol–water partition coefficient (Wildman–Crippen LogP) is 2.72. The molecule has 4 N–H and O–H groups in total. The number of amides is 1. The number of aromatic nitrogens is 4. The van der Waals surface area contributed by atoms with Gasteiger partial charge in [0.2, 0.25) is 5.95 Å². The van der Waals surface area contributed by atoms with Crippen LogP contribution in [0.2, 0.25) is 0 Å².